The van der Waals surface area contributed by atoms with Crippen LogP contribution < -0.4 is 15.1 Å². The summed E-state index contributed by atoms with van der Waals surface area (Å²) >= 11 is 1.70. The molecule has 238 valence electrons. The van der Waals surface area contributed by atoms with Crippen LogP contribution in [0.15, 0.2) is 73.1 Å². The summed E-state index contributed by atoms with van der Waals surface area (Å²) in [7, 11) is 0. The maximum atomic E-state index is 14.0. The highest BCUT2D eigenvalue weighted by Gasteiger charge is 2.45. The maximum Gasteiger partial charge on any atom is 0.259 e. The average Bonchev–Trinajstić information content (AvgIpc) is 3.67. The minimum Gasteiger partial charge on any atom is -0.381 e. The molecule has 3 aromatic heterocycles. The fraction of sp³-hybridized carbons (Fsp3) is 0.297. The number of para-hydroxylation sites is 1. The van der Waals surface area contributed by atoms with Gasteiger partial charge in [0.25, 0.3) is 11.8 Å². The van der Waals surface area contributed by atoms with Crippen molar-refractivity contribution < 1.29 is 14.3 Å². The first-order chi connectivity index (χ1) is 22.9. The number of amides is 2. The number of nitrogens with one attached hydrogen (secondary N) is 2. The molecule has 9 nitrogen and oxygen atoms in total. The van der Waals surface area contributed by atoms with E-state index in [2.05, 4.69) is 37.3 Å². The number of fused-ring (bicyclic) bond motifs is 3. The number of nitrogens with zero attached hydrogens (tertiary/aromatic N) is 4. The first kappa shape index (κ1) is 29.6. The molecule has 6 heterocycles. The number of pyridine rings is 1. The Morgan fingerprint density at radius 2 is 1.77 bits per heavy atom. The Morgan fingerprint density at radius 3 is 2.53 bits per heavy atom. The van der Waals surface area contributed by atoms with Crippen LogP contribution in [0.3, 0.4) is 0 Å². The predicted octanol–water partition coefficient (Wildman–Crippen LogP) is 6.89. The first-order valence-electron chi connectivity index (χ1n) is 16.1. The summed E-state index contributed by atoms with van der Waals surface area (Å²) in [5.41, 5.74) is 7.13. The van der Waals surface area contributed by atoms with E-state index in [1.54, 1.807) is 35.6 Å². The summed E-state index contributed by atoms with van der Waals surface area (Å²) in [6.45, 7) is 7.89. The van der Waals surface area contributed by atoms with E-state index in [4.69, 9.17) is 4.74 Å². The normalized spacial score (nSPS) is 16.6. The molecule has 2 fully saturated rings. The van der Waals surface area contributed by atoms with Crippen LogP contribution >= 0.6 is 11.3 Å². The summed E-state index contributed by atoms with van der Waals surface area (Å²) in [6, 6.07) is 19.4. The van der Waals surface area contributed by atoms with E-state index >= 15 is 0 Å². The number of benzene rings is 2. The van der Waals surface area contributed by atoms with Crippen LogP contribution in [0.2, 0.25) is 0 Å². The Morgan fingerprint density at radius 1 is 0.979 bits per heavy atom. The van der Waals surface area contributed by atoms with Gasteiger partial charge in [0.05, 0.1) is 16.1 Å². The smallest absolute Gasteiger partial charge is 0.259 e. The van der Waals surface area contributed by atoms with Gasteiger partial charge in [0.2, 0.25) is 0 Å². The van der Waals surface area contributed by atoms with Crippen LogP contribution in [-0.2, 0) is 11.2 Å². The van der Waals surface area contributed by atoms with Crippen molar-refractivity contribution in [3.8, 4) is 21.1 Å². The lowest BCUT2D eigenvalue weighted by Gasteiger charge is -2.53. The van der Waals surface area contributed by atoms with Crippen molar-refractivity contribution in [3.63, 3.8) is 0 Å². The number of carbonyl (C=O) groups is 2. The standard InChI is InChI=1S/C37H36N6O3S/c1-23-17-29(34(39-19-23)42-21-37(22-42)12-15-46-16-13-37)35(44)41-27-9-7-25(8-10-27)36(45)43-14-11-26-18-31(33-38-20-24(2)40-33)47-32(26)28-5-3-4-6-30(28)43/h3-10,17-20H,11-16,21-22H2,1-2H3,(H,38,40)(H,41,44). The van der Waals surface area contributed by atoms with Gasteiger partial charge in [0.1, 0.15) is 11.6 Å². The summed E-state index contributed by atoms with van der Waals surface area (Å²) in [4.78, 5) is 46.4. The van der Waals surface area contributed by atoms with Crippen LogP contribution in [0.1, 0.15) is 50.4 Å². The second-order valence-corrected chi connectivity index (χ2v) is 14.0. The number of aromatic nitrogens is 3. The van der Waals surface area contributed by atoms with E-state index < -0.39 is 0 Å². The molecule has 0 aliphatic carbocycles. The minimum absolute atomic E-state index is 0.0719. The van der Waals surface area contributed by atoms with Crippen molar-refractivity contribution in [2.24, 2.45) is 5.41 Å². The molecule has 8 rings (SSSR count). The second-order valence-electron chi connectivity index (χ2n) is 13.0. The fourth-order valence-corrected chi connectivity index (χ4v) is 8.22. The van der Waals surface area contributed by atoms with Crippen molar-refractivity contribution in [2.75, 3.05) is 48.0 Å². The summed E-state index contributed by atoms with van der Waals surface area (Å²) in [5.74, 6) is 1.31. The Bertz CT molecular complexity index is 1980. The van der Waals surface area contributed by atoms with Gasteiger partial charge in [0, 0.05) is 78.0 Å². The SMILES string of the molecule is Cc1cnc(N2CC3(CCOCC3)C2)c(C(=O)Nc2ccc(C(=O)N3CCc4cc(-c5ncc(C)[nH]5)sc4-c4ccccc43)cc2)c1. The Labute approximate surface area is 277 Å². The molecular formula is C37H36N6O3S. The average molecular weight is 645 g/mol. The van der Waals surface area contributed by atoms with Gasteiger partial charge in [-0.15, -0.1) is 11.3 Å². The van der Waals surface area contributed by atoms with Crippen molar-refractivity contribution in [1.29, 1.82) is 0 Å². The van der Waals surface area contributed by atoms with E-state index in [1.165, 1.54) is 10.4 Å². The molecule has 0 bridgehead atoms. The molecule has 5 aromatic rings. The molecule has 0 atom stereocenters. The van der Waals surface area contributed by atoms with E-state index in [0.717, 1.165) is 84.6 Å². The highest BCUT2D eigenvalue weighted by Crippen LogP contribution is 2.45. The second kappa shape index (κ2) is 11.8. The monoisotopic (exact) mass is 644 g/mol. The number of hydrogen-bond acceptors (Lipinski definition) is 7. The molecular weight excluding hydrogens is 609 g/mol. The zero-order valence-electron chi connectivity index (χ0n) is 26.5. The molecule has 0 unspecified atom stereocenters. The Balaban J connectivity index is 0.992. The van der Waals surface area contributed by atoms with Crippen molar-refractivity contribution in [1.82, 2.24) is 15.0 Å². The zero-order chi connectivity index (χ0) is 32.1. The van der Waals surface area contributed by atoms with Crippen LogP contribution in [-0.4, -0.2) is 59.6 Å². The fourth-order valence-electron chi connectivity index (χ4n) is 7.03. The van der Waals surface area contributed by atoms with Gasteiger partial charge < -0.3 is 24.8 Å². The third kappa shape index (κ3) is 5.51. The third-order valence-electron chi connectivity index (χ3n) is 9.58. The Hall–Kier alpha value is -4.80. The quantitative estimate of drug-likeness (QED) is 0.216. The molecule has 3 aliphatic heterocycles. The number of hydrogen-bond donors (Lipinski definition) is 2. The molecule has 10 heteroatoms. The maximum absolute atomic E-state index is 14.0. The molecule has 0 radical (unpaired) electrons. The van der Waals surface area contributed by atoms with Crippen LogP contribution in [0.25, 0.3) is 21.1 Å². The molecule has 2 amide bonds. The Kier molecular flexibility index (Phi) is 7.41. The highest BCUT2D eigenvalue weighted by atomic mass is 32.1. The number of carbonyl (C=O) groups excluding carboxylic acids is 2. The van der Waals surface area contributed by atoms with Gasteiger partial charge in [-0.05, 0) is 86.7 Å². The summed E-state index contributed by atoms with van der Waals surface area (Å²) in [6.07, 6.45) is 6.50. The van der Waals surface area contributed by atoms with E-state index in [9.17, 15) is 9.59 Å². The van der Waals surface area contributed by atoms with Gasteiger partial charge in [0.15, 0.2) is 0 Å². The number of rotatable bonds is 5. The van der Waals surface area contributed by atoms with E-state index in [-0.39, 0.29) is 17.2 Å². The van der Waals surface area contributed by atoms with Gasteiger partial charge >= 0.3 is 0 Å². The number of aryl methyl sites for hydroxylation is 2. The molecule has 47 heavy (non-hydrogen) atoms. The lowest BCUT2D eigenvalue weighted by molar-refractivity contribution is -0.000509. The van der Waals surface area contributed by atoms with Gasteiger partial charge in [-0.25, -0.2) is 9.97 Å². The van der Waals surface area contributed by atoms with E-state index in [1.807, 2.05) is 55.4 Å². The lowest BCUT2D eigenvalue weighted by atomic mass is 9.73. The largest absolute Gasteiger partial charge is 0.381 e. The number of ether oxygens (including phenoxy) is 1. The van der Waals surface area contributed by atoms with E-state index in [0.29, 0.717) is 23.4 Å². The van der Waals surface area contributed by atoms with Gasteiger partial charge in [-0.1, -0.05) is 18.2 Å². The number of aromatic amines is 1. The van der Waals surface area contributed by atoms with Gasteiger partial charge in [-0.3, -0.25) is 9.59 Å². The number of thiophene rings is 1. The van der Waals surface area contributed by atoms with Crippen molar-refractivity contribution >= 4 is 40.3 Å². The topological polar surface area (TPSA) is 103 Å². The number of anilines is 3. The first-order valence-corrected chi connectivity index (χ1v) is 16.9. The molecule has 3 aliphatic rings. The van der Waals surface area contributed by atoms with Crippen LogP contribution in [0.4, 0.5) is 17.2 Å². The highest BCUT2D eigenvalue weighted by molar-refractivity contribution is 7.19. The number of H-pyrrole nitrogens is 1. The van der Waals surface area contributed by atoms with Crippen LogP contribution in [0, 0.1) is 19.3 Å². The number of imidazole rings is 1. The summed E-state index contributed by atoms with van der Waals surface area (Å²) < 4.78 is 5.57. The molecule has 2 N–H and O–H groups in total. The zero-order valence-corrected chi connectivity index (χ0v) is 27.3. The lowest BCUT2D eigenvalue weighted by Crippen LogP contribution is -2.59. The molecule has 0 saturated carbocycles. The molecule has 2 saturated heterocycles. The van der Waals surface area contributed by atoms with Crippen molar-refractivity contribution in [3.05, 3.63) is 101 Å². The third-order valence-corrected chi connectivity index (χ3v) is 10.8. The summed E-state index contributed by atoms with van der Waals surface area (Å²) in [5, 5.41) is 3.04. The van der Waals surface area contributed by atoms with Crippen LogP contribution in [0.5, 0.6) is 0 Å². The predicted molar refractivity (Wildman–Crippen MR) is 186 cm³/mol. The molecule has 2 aromatic carbocycles. The minimum atomic E-state index is -0.208. The van der Waals surface area contributed by atoms with Gasteiger partial charge in [-0.2, -0.15) is 0 Å². The molecule has 1 spiro atoms. The van der Waals surface area contributed by atoms with Crippen molar-refractivity contribution in [2.45, 2.75) is 33.1 Å².